The van der Waals surface area contributed by atoms with Gasteiger partial charge in [0, 0.05) is 11.9 Å². The highest BCUT2D eigenvalue weighted by Crippen LogP contribution is 2.25. The van der Waals surface area contributed by atoms with Gasteiger partial charge < -0.3 is 0 Å². The van der Waals surface area contributed by atoms with Gasteiger partial charge in [-0.1, -0.05) is 11.6 Å². The fraction of sp³-hybridized carbons (Fsp3) is 0.111. The molecule has 1 aromatic carbocycles. The lowest BCUT2D eigenvalue weighted by atomic mass is 10.3. The molecular weight excluding hydrogens is 206 g/mol. The van der Waals surface area contributed by atoms with E-state index in [0.29, 0.717) is 10.0 Å². The van der Waals surface area contributed by atoms with Crippen LogP contribution in [0.5, 0.6) is 0 Å². The second-order valence-corrected chi connectivity index (χ2v) is 4.15. The van der Waals surface area contributed by atoms with Crippen LogP contribution in [0.4, 0.5) is 0 Å². The molecule has 0 unspecified atom stereocenters. The standard InChI is InChI=1S/C9H6ClNOS/c1-5(12)9-11-7-3-2-6(10)4-8(7)13-9/h2-4H,1H3. The first-order chi connectivity index (χ1) is 6.16. The SMILES string of the molecule is CC(=O)c1nc2ccc(Cl)cc2s1. The summed E-state index contributed by atoms with van der Waals surface area (Å²) < 4.78 is 0.956. The van der Waals surface area contributed by atoms with E-state index in [1.54, 1.807) is 6.07 Å². The Morgan fingerprint density at radius 3 is 3.00 bits per heavy atom. The van der Waals surface area contributed by atoms with Crippen molar-refractivity contribution in [3.8, 4) is 0 Å². The lowest BCUT2D eigenvalue weighted by Crippen LogP contribution is -1.87. The molecule has 0 aliphatic rings. The monoisotopic (exact) mass is 211 g/mol. The van der Waals surface area contributed by atoms with Gasteiger partial charge in [0.15, 0.2) is 10.8 Å². The lowest BCUT2D eigenvalue weighted by Gasteiger charge is -1.86. The number of aromatic nitrogens is 1. The summed E-state index contributed by atoms with van der Waals surface area (Å²) in [5.74, 6) is -0.00248. The summed E-state index contributed by atoms with van der Waals surface area (Å²) in [6, 6.07) is 5.41. The van der Waals surface area contributed by atoms with Crippen molar-refractivity contribution in [3.05, 3.63) is 28.2 Å². The predicted molar refractivity (Wildman–Crippen MR) is 54.6 cm³/mol. The molecule has 0 spiro atoms. The molecule has 4 heteroatoms. The number of Topliss-reactive ketones (excluding diaryl/α,β-unsaturated/α-hetero) is 1. The Bertz CT molecular complexity index is 477. The Labute approximate surface area is 84.2 Å². The minimum Gasteiger partial charge on any atom is -0.292 e. The molecule has 0 atom stereocenters. The number of halogens is 1. The third-order valence-electron chi connectivity index (χ3n) is 1.65. The average molecular weight is 212 g/mol. The van der Waals surface area contributed by atoms with Crippen molar-refractivity contribution >= 4 is 38.9 Å². The van der Waals surface area contributed by atoms with Gasteiger partial charge in [-0.25, -0.2) is 4.98 Å². The molecular formula is C9H6ClNOS. The molecule has 1 aromatic heterocycles. The van der Waals surface area contributed by atoms with Crippen molar-refractivity contribution in [1.82, 2.24) is 4.98 Å². The van der Waals surface area contributed by atoms with Crippen molar-refractivity contribution in [2.45, 2.75) is 6.92 Å². The van der Waals surface area contributed by atoms with E-state index in [0.717, 1.165) is 10.2 Å². The van der Waals surface area contributed by atoms with Crippen LogP contribution in [-0.2, 0) is 0 Å². The van der Waals surface area contributed by atoms with Crippen molar-refractivity contribution in [3.63, 3.8) is 0 Å². The zero-order valence-electron chi connectivity index (χ0n) is 6.87. The van der Waals surface area contributed by atoms with Crippen LogP contribution in [-0.4, -0.2) is 10.8 Å². The van der Waals surface area contributed by atoms with Crippen LogP contribution >= 0.6 is 22.9 Å². The quantitative estimate of drug-likeness (QED) is 0.679. The molecule has 2 nitrogen and oxygen atoms in total. The molecule has 0 saturated heterocycles. The Morgan fingerprint density at radius 2 is 2.31 bits per heavy atom. The van der Waals surface area contributed by atoms with Crippen LogP contribution in [0, 0.1) is 0 Å². The fourth-order valence-electron chi connectivity index (χ4n) is 1.05. The topological polar surface area (TPSA) is 30.0 Å². The predicted octanol–water partition coefficient (Wildman–Crippen LogP) is 3.15. The smallest absolute Gasteiger partial charge is 0.188 e. The molecule has 0 fully saturated rings. The fourth-order valence-corrected chi connectivity index (χ4v) is 2.19. The Balaban J connectivity index is 2.68. The highest BCUT2D eigenvalue weighted by Gasteiger charge is 2.07. The molecule has 0 saturated carbocycles. The maximum Gasteiger partial charge on any atom is 0.188 e. The minimum atomic E-state index is -0.00248. The van der Waals surface area contributed by atoms with E-state index >= 15 is 0 Å². The number of hydrogen-bond acceptors (Lipinski definition) is 3. The number of thiazole rings is 1. The number of benzene rings is 1. The van der Waals surface area contributed by atoms with Crippen LogP contribution in [0.25, 0.3) is 10.2 Å². The number of carbonyl (C=O) groups is 1. The third-order valence-corrected chi connectivity index (χ3v) is 3.01. The first-order valence-electron chi connectivity index (χ1n) is 3.74. The molecule has 0 radical (unpaired) electrons. The number of ketones is 1. The summed E-state index contributed by atoms with van der Waals surface area (Å²) in [6.07, 6.45) is 0. The first-order valence-corrected chi connectivity index (χ1v) is 4.93. The van der Waals surface area contributed by atoms with E-state index in [9.17, 15) is 4.79 Å². The summed E-state index contributed by atoms with van der Waals surface area (Å²) in [5.41, 5.74) is 0.833. The molecule has 0 N–H and O–H groups in total. The van der Waals surface area contributed by atoms with Crippen LogP contribution in [0.2, 0.25) is 5.02 Å². The number of hydrogen-bond donors (Lipinski definition) is 0. The van der Waals surface area contributed by atoms with E-state index < -0.39 is 0 Å². The number of fused-ring (bicyclic) bond motifs is 1. The number of carbonyl (C=O) groups excluding carboxylic acids is 1. The number of nitrogens with zero attached hydrogens (tertiary/aromatic N) is 1. The van der Waals surface area contributed by atoms with Crippen molar-refractivity contribution in [2.75, 3.05) is 0 Å². The molecule has 0 aliphatic carbocycles. The Kier molecular flexibility index (Phi) is 2.06. The van der Waals surface area contributed by atoms with E-state index in [1.165, 1.54) is 18.3 Å². The van der Waals surface area contributed by atoms with Gasteiger partial charge in [-0.05, 0) is 18.2 Å². The van der Waals surface area contributed by atoms with E-state index in [1.807, 2.05) is 12.1 Å². The van der Waals surface area contributed by atoms with Crippen LogP contribution in [0.15, 0.2) is 18.2 Å². The Hall–Kier alpha value is -0.930. The second kappa shape index (κ2) is 3.09. The molecule has 0 bridgehead atoms. The van der Waals surface area contributed by atoms with Crippen molar-refractivity contribution < 1.29 is 4.79 Å². The first kappa shape index (κ1) is 8.66. The molecule has 66 valence electrons. The van der Waals surface area contributed by atoms with Crippen LogP contribution in [0.1, 0.15) is 16.7 Å². The van der Waals surface area contributed by atoms with Gasteiger partial charge >= 0.3 is 0 Å². The van der Waals surface area contributed by atoms with E-state index in [2.05, 4.69) is 4.98 Å². The minimum absolute atomic E-state index is 0.00248. The highest BCUT2D eigenvalue weighted by molar-refractivity contribution is 7.20. The molecule has 1 heterocycles. The normalized spacial score (nSPS) is 10.6. The maximum absolute atomic E-state index is 11.0. The summed E-state index contributed by atoms with van der Waals surface area (Å²) in [6.45, 7) is 1.51. The summed E-state index contributed by atoms with van der Waals surface area (Å²) in [4.78, 5) is 15.2. The highest BCUT2D eigenvalue weighted by atomic mass is 35.5. The molecule has 2 rings (SSSR count). The molecule has 0 amide bonds. The third kappa shape index (κ3) is 1.57. The van der Waals surface area contributed by atoms with Crippen molar-refractivity contribution in [1.29, 1.82) is 0 Å². The van der Waals surface area contributed by atoms with Crippen LogP contribution in [0.3, 0.4) is 0 Å². The van der Waals surface area contributed by atoms with E-state index in [4.69, 9.17) is 11.6 Å². The lowest BCUT2D eigenvalue weighted by molar-refractivity contribution is 0.101. The van der Waals surface area contributed by atoms with Gasteiger partial charge in [-0.3, -0.25) is 4.79 Å². The van der Waals surface area contributed by atoms with Gasteiger partial charge in [-0.15, -0.1) is 11.3 Å². The van der Waals surface area contributed by atoms with E-state index in [-0.39, 0.29) is 5.78 Å². The van der Waals surface area contributed by atoms with Gasteiger partial charge in [0.25, 0.3) is 0 Å². The average Bonchev–Trinajstić information content (AvgIpc) is 2.46. The largest absolute Gasteiger partial charge is 0.292 e. The zero-order chi connectivity index (χ0) is 9.42. The zero-order valence-corrected chi connectivity index (χ0v) is 8.45. The second-order valence-electron chi connectivity index (χ2n) is 2.69. The van der Waals surface area contributed by atoms with Crippen molar-refractivity contribution in [2.24, 2.45) is 0 Å². The number of rotatable bonds is 1. The maximum atomic E-state index is 11.0. The summed E-state index contributed by atoms with van der Waals surface area (Å²) in [7, 11) is 0. The van der Waals surface area contributed by atoms with Crippen LogP contribution < -0.4 is 0 Å². The Morgan fingerprint density at radius 1 is 1.54 bits per heavy atom. The summed E-state index contributed by atoms with van der Waals surface area (Å²) in [5, 5.41) is 1.21. The van der Waals surface area contributed by atoms with Gasteiger partial charge in [-0.2, -0.15) is 0 Å². The summed E-state index contributed by atoms with van der Waals surface area (Å²) >= 11 is 7.18. The van der Waals surface area contributed by atoms with Gasteiger partial charge in [0.05, 0.1) is 10.2 Å². The molecule has 13 heavy (non-hydrogen) atoms. The van der Waals surface area contributed by atoms with Gasteiger partial charge in [0.1, 0.15) is 0 Å². The van der Waals surface area contributed by atoms with Gasteiger partial charge in [0.2, 0.25) is 0 Å². The molecule has 0 aliphatic heterocycles. The molecule has 2 aromatic rings.